The molecule has 0 bridgehead atoms. The van der Waals surface area contributed by atoms with Gasteiger partial charge in [0.05, 0.1) is 0 Å². The lowest BCUT2D eigenvalue weighted by molar-refractivity contribution is 0.389. The van der Waals surface area contributed by atoms with Crippen molar-refractivity contribution in [2.75, 3.05) is 0 Å². The topological polar surface area (TPSA) is 12.0 Å². The lowest BCUT2D eigenvalue weighted by Gasteiger charge is -2.24. The van der Waals surface area contributed by atoms with Crippen LogP contribution in [0.15, 0.2) is 24.3 Å². The van der Waals surface area contributed by atoms with E-state index in [9.17, 15) is 0 Å². The third-order valence-corrected chi connectivity index (χ3v) is 3.79. The molecule has 2 atom stereocenters. The number of hydrogen-bond donors (Lipinski definition) is 1. The molecule has 0 aliphatic heterocycles. The van der Waals surface area contributed by atoms with Gasteiger partial charge in [0, 0.05) is 12.1 Å². The van der Waals surface area contributed by atoms with Crippen molar-refractivity contribution in [2.24, 2.45) is 5.92 Å². The Morgan fingerprint density at radius 2 is 1.39 bits per heavy atom. The maximum atomic E-state index is 3.65. The normalized spacial score (nSPS) is 15.8. The minimum atomic E-state index is 0.237. The quantitative estimate of drug-likeness (QED) is 0.814. The van der Waals surface area contributed by atoms with E-state index in [0.717, 1.165) is 0 Å². The molecule has 0 aromatic heterocycles. The van der Waals surface area contributed by atoms with Gasteiger partial charge >= 0.3 is 0 Å². The fourth-order valence-electron chi connectivity index (χ4n) is 1.95. The second kappa shape index (κ2) is 5.88. The Morgan fingerprint density at radius 3 is 1.78 bits per heavy atom. The van der Waals surface area contributed by atoms with Gasteiger partial charge < -0.3 is 5.32 Å². The Labute approximate surface area is 113 Å². The summed E-state index contributed by atoms with van der Waals surface area (Å²) >= 11 is 0. The van der Waals surface area contributed by atoms with Gasteiger partial charge in [0.1, 0.15) is 0 Å². The van der Waals surface area contributed by atoms with Gasteiger partial charge in [0.2, 0.25) is 0 Å². The molecular formula is C17H29N. The van der Waals surface area contributed by atoms with Gasteiger partial charge in [-0.3, -0.25) is 0 Å². The van der Waals surface area contributed by atoms with E-state index in [4.69, 9.17) is 0 Å². The maximum absolute atomic E-state index is 3.65. The lowest BCUT2D eigenvalue weighted by Crippen LogP contribution is -2.33. The fraction of sp³-hybridized carbons (Fsp3) is 0.647. The van der Waals surface area contributed by atoms with Gasteiger partial charge in [0.25, 0.3) is 0 Å². The molecule has 0 saturated carbocycles. The van der Waals surface area contributed by atoms with E-state index in [2.05, 4.69) is 78.0 Å². The van der Waals surface area contributed by atoms with Crippen molar-refractivity contribution in [3.8, 4) is 0 Å². The van der Waals surface area contributed by atoms with Crippen LogP contribution >= 0.6 is 0 Å². The van der Waals surface area contributed by atoms with Crippen molar-refractivity contribution in [3.05, 3.63) is 35.4 Å². The molecule has 18 heavy (non-hydrogen) atoms. The SMILES string of the molecule is CC(NC(C)C(C)C)c1ccc(C(C)(C)C)cc1. The zero-order valence-corrected chi connectivity index (χ0v) is 13.0. The van der Waals surface area contributed by atoms with Crippen LogP contribution in [0.4, 0.5) is 0 Å². The molecule has 0 aliphatic rings. The van der Waals surface area contributed by atoms with E-state index in [1.165, 1.54) is 11.1 Å². The molecule has 0 heterocycles. The molecule has 1 N–H and O–H groups in total. The molecule has 1 heteroatoms. The summed E-state index contributed by atoms with van der Waals surface area (Å²) in [5.41, 5.74) is 3.01. The van der Waals surface area contributed by atoms with Crippen molar-refractivity contribution in [2.45, 2.75) is 66.0 Å². The van der Waals surface area contributed by atoms with Gasteiger partial charge in [-0.05, 0) is 36.3 Å². The molecule has 2 unspecified atom stereocenters. The summed E-state index contributed by atoms with van der Waals surface area (Å²) in [4.78, 5) is 0. The van der Waals surface area contributed by atoms with Crippen LogP contribution < -0.4 is 5.32 Å². The van der Waals surface area contributed by atoms with Crippen LogP contribution in [0.2, 0.25) is 0 Å². The molecule has 1 rings (SSSR count). The van der Waals surface area contributed by atoms with Crippen molar-refractivity contribution in [1.29, 1.82) is 0 Å². The van der Waals surface area contributed by atoms with Crippen LogP contribution in [0.1, 0.15) is 65.6 Å². The highest BCUT2D eigenvalue weighted by atomic mass is 14.9. The first-order valence-corrected chi connectivity index (χ1v) is 7.08. The van der Waals surface area contributed by atoms with Gasteiger partial charge in [0.15, 0.2) is 0 Å². The Hall–Kier alpha value is -0.820. The molecule has 1 nitrogen and oxygen atoms in total. The standard InChI is InChI=1S/C17H29N/c1-12(2)13(3)18-14(4)15-8-10-16(11-9-15)17(5,6)7/h8-14,18H,1-7H3. The third-order valence-electron chi connectivity index (χ3n) is 3.79. The molecule has 0 amide bonds. The number of nitrogens with one attached hydrogen (secondary N) is 1. The average molecular weight is 247 g/mol. The zero-order chi connectivity index (χ0) is 13.9. The average Bonchev–Trinajstić information content (AvgIpc) is 2.27. The minimum Gasteiger partial charge on any atom is -0.307 e. The van der Waals surface area contributed by atoms with Crippen LogP contribution in [0.25, 0.3) is 0 Å². The highest BCUT2D eigenvalue weighted by Crippen LogP contribution is 2.24. The smallest absolute Gasteiger partial charge is 0.0294 e. The van der Waals surface area contributed by atoms with Crippen LogP contribution in [-0.2, 0) is 5.41 Å². The third kappa shape index (κ3) is 4.13. The molecular weight excluding hydrogens is 218 g/mol. The van der Waals surface area contributed by atoms with Gasteiger partial charge in [-0.25, -0.2) is 0 Å². The highest BCUT2D eigenvalue weighted by molar-refractivity contribution is 5.29. The minimum absolute atomic E-state index is 0.237. The molecule has 0 spiro atoms. The largest absolute Gasteiger partial charge is 0.307 e. The van der Waals surface area contributed by atoms with Crippen LogP contribution in [-0.4, -0.2) is 6.04 Å². The molecule has 102 valence electrons. The summed E-state index contributed by atoms with van der Waals surface area (Å²) in [7, 11) is 0. The lowest BCUT2D eigenvalue weighted by atomic mass is 9.86. The Balaban J connectivity index is 2.73. The van der Waals surface area contributed by atoms with Crippen molar-refractivity contribution < 1.29 is 0 Å². The Bertz CT molecular complexity index is 356. The van der Waals surface area contributed by atoms with E-state index < -0.39 is 0 Å². The van der Waals surface area contributed by atoms with Crippen molar-refractivity contribution >= 4 is 0 Å². The van der Waals surface area contributed by atoms with Crippen molar-refractivity contribution in [3.63, 3.8) is 0 Å². The number of benzene rings is 1. The van der Waals surface area contributed by atoms with Crippen molar-refractivity contribution in [1.82, 2.24) is 5.32 Å². The van der Waals surface area contributed by atoms with Crippen LogP contribution in [0.5, 0.6) is 0 Å². The Morgan fingerprint density at radius 1 is 0.889 bits per heavy atom. The van der Waals surface area contributed by atoms with Gasteiger partial charge in [-0.15, -0.1) is 0 Å². The second-order valence-corrected chi connectivity index (χ2v) is 6.79. The maximum Gasteiger partial charge on any atom is 0.0294 e. The fourth-order valence-corrected chi connectivity index (χ4v) is 1.95. The Kier molecular flexibility index (Phi) is 4.98. The summed E-state index contributed by atoms with van der Waals surface area (Å²) < 4.78 is 0. The number of rotatable bonds is 4. The van der Waals surface area contributed by atoms with E-state index in [-0.39, 0.29) is 5.41 Å². The van der Waals surface area contributed by atoms with Gasteiger partial charge in [-0.1, -0.05) is 58.9 Å². The summed E-state index contributed by atoms with van der Waals surface area (Å²) in [5, 5.41) is 3.65. The summed E-state index contributed by atoms with van der Waals surface area (Å²) in [5.74, 6) is 0.668. The monoisotopic (exact) mass is 247 g/mol. The first-order chi connectivity index (χ1) is 8.21. The van der Waals surface area contributed by atoms with E-state index in [0.29, 0.717) is 18.0 Å². The molecule has 1 aromatic rings. The number of hydrogen-bond acceptors (Lipinski definition) is 1. The molecule has 0 saturated heterocycles. The van der Waals surface area contributed by atoms with Gasteiger partial charge in [-0.2, -0.15) is 0 Å². The zero-order valence-electron chi connectivity index (χ0n) is 13.0. The first kappa shape index (κ1) is 15.2. The van der Waals surface area contributed by atoms with E-state index >= 15 is 0 Å². The predicted molar refractivity (Wildman–Crippen MR) is 81.0 cm³/mol. The van der Waals surface area contributed by atoms with Crippen LogP contribution in [0.3, 0.4) is 0 Å². The molecule has 1 aromatic carbocycles. The predicted octanol–water partition coefficient (Wildman–Crippen LogP) is 4.68. The summed E-state index contributed by atoms with van der Waals surface area (Å²) in [6.07, 6.45) is 0. The first-order valence-electron chi connectivity index (χ1n) is 7.08. The van der Waals surface area contributed by atoms with E-state index in [1.54, 1.807) is 0 Å². The van der Waals surface area contributed by atoms with Crippen LogP contribution in [0, 0.1) is 5.92 Å². The molecule has 0 aliphatic carbocycles. The highest BCUT2D eigenvalue weighted by Gasteiger charge is 2.15. The summed E-state index contributed by atoms with van der Waals surface area (Å²) in [6, 6.07) is 9.98. The molecule has 0 fully saturated rings. The second-order valence-electron chi connectivity index (χ2n) is 6.79. The molecule has 0 radical (unpaired) electrons. The van der Waals surface area contributed by atoms with E-state index in [1.807, 2.05) is 0 Å². The summed E-state index contributed by atoms with van der Waals surface area (Å²) in [6.45, 7) is 15.8.